The molecule has 0 atom stereocenters. The van der Waals surface area contributed by atoms with Gasteiger partial charge in [0, 0.05) is 11.8 Å². The van der Waals surface area contributed by atoms with Crippen molar-refractivity contribution in [2.24, 2.45) is 0 Å². The molecule has 4 rings (SSSR count). The number of alkyl halides is 3. The van der Waals surface area contributed by atoms with E-state index in [4.69, 9.17) is 9.47 Å². The maximum atomic E-state index is 12.3. The van der Waals surface area contributed by atoms with Crippen LogP contribution < -0.4 is 19.5 Å². The van der Waals surface area contributed by atoms with Gasteiger partial charge in [0.1, 0.15) is 5.75 Å². The number of benzene rings is 2. The number of rotatable bonds is 6. The van der Waals surface area contributed by atoms with Crippen molar-refractivity contribution in [3.8, 4) is 22.9 Å². The maximum Gasteiger partial charge on any atom is 0.573 e. The van der Waals surface area contributed by atoms with Gasteiger partial charge in [-0.2, -0.15) is 4.68 Å². The Balaban J connectivity index is 1.37. The lowest BCUT2D eigenvalue weighted by Gasteiger charge is -2.09. The Morgan fingerprint density at radius 3 is 2.70 bits per heavy atom. The molecule has 0 fully saturated rings. The molecular formula is C17H12F3N5O4S. The Labute approximate surface area is 171 Å². The topological polar surface area (TPSA) is 100 Å². The highest BCUT2D eigenvalue weighted by Gasteiger charge is 2.31. The van der Waals surface area contributed by atoms with E-state index in [1.165, 1.54) is 16.8 Å². The van der Waals surface area contributed by atoms with Crippen LogP contribution in [-0.2, 0) is 4.79 Å². The summed E-state index contributed by atoms with van der Waals surface area (Å²) < 4.78 is 52.4. The predicted octanol–water partition coefficient (Wildman–Crippen LogP) is 3.02. The molecule has 0 bridgehead atoms. The average molecular weight is 439 g/mol. The van der Waals surface area contributed by atoms with Gasteiger partial charge in [-0.05, 0) is 46.8 Å². The minimum absolute atomic E-state index is 0.00405. The first-order valence-corrected chi connectivity index (χ1v) is 9.33. The number of thioether (sulfide) groups is 1. The Morgan fingerprint density at radius 2 is 1.93 bits per heavy atom. The third-order valence-electron chi connectivity index (χ3n) is 3.74. The van der Waals surface area contributed by atoms with Crippen molar-refractivity contribution in [3.63, 3.8) is 0 Å². The third-order valence-corrected chi connectivity index (χ3v) is 4.66. The molecule has 1 N–H and O–H groups in total. The Morgan fingerprint density at radius 1 is 1.17 bits per heavy atom. The second-order valence-corrected chi connectivity index (χ2v) is 6.76. The summed E-state index contributed by atoms with van der Waals surface area (Å²) in [7, 11) is 0. The number of hydrogen-bond acceptors (Lipinski definition) is 8. The molecule has 0 radical (unpaired) electrons. The fourth-order valence-electron chi connectivity index (χ4n) is 2.52. The summed E-state index contributed by atoms with van der Waals surface area (Å²) in [6.45, 7) is 0.133. The summed E-state index contributed by atoms with van der Waals surface area (Å²) in [5, 5.41) is 14.2. The number of nitrogens with zero attached hydrogens (tertiary/aromatic N) is 4. The lowest BCUT2D eigenvalue weighted by Crippen LogP contribution is -2.17. The summed E-state index contributed by atoms with van der Waals surface area (Å²) in [5.74, 6) is 0.485. The van der Waals surface area contributed by atoms with Crippen LogP contribution in [0, 0.1) is 0 Å². The molecular weight excluding hydrogens is 427 g/mol. The van der Waals surface area contributed by atoms with Gasteiger partial charge in [0.2, 0.25) is 17.9 Å². The van der Waals surface area contributed by atoms with E-state index in [1.807, 2.05) is 0 Å². The number of amides is 1. The van der Waals surface area contributed by atoms with Crippen molar-refractivity contribution >= 4 is 23.4 Å². The first-order chi connectivity index (χ1) is 14.4. The second kappa shape index (κ2) is 8.10. The molecule has 30 heavy (non-hydrogen) atoms. The van der Waals surface area contributed by atoms with Crippen molar-refractivity contribution in [2.75, 3.05) is 17.9 Å². The van der Waals surface area contributed by atoms with Gasteiger partial charge >= 0.3 is 6.36 Å². The molecule has 0 aliphatic carbocycles. The van der Waals surface area contributed by atoms with Crippen molar-refractivity contribution in [3.05, 3.63) is 42.5 Å². The molecule has 1 aliphatic rings. The fourth-order valence-corrected chi connectivity index (χ4v) is 3.21. The molecule has 13 heteroatoms. The number of nitrogens with one attached hydrogen (secondary N) is 1. The zero-order valence-corrected chi connectivity index (χ0v) is 15.7. The molecule has 0 saturated carbocycles. The van der Waals surface area contributed by atoms with E-state index in [-0.39, 0.29) is 24.2 Å². The van der Waals surface area contributed by atoms with E-state index in [1.54, 1.807) is 18.2 Å². The number of tetrazole rings is 1. The molecule has 1 amide bonds. The van der Waals surface area contributed by atoms with Crippen LogP contribution in [0.4, 0.5) is 18.9 Å². The largest absolute Gasteiger partial charge is 0.573 e. The van der Waals surface area contributed by atoms with E-state index in [0.29, 0.717) is 28.0 Å². The molecule has 0 spiro atoms. The van der Waals surface area contributed by atoms with Gasteiger partial charge in [-0.25, -0.2) is 0 Å². The fraction of sp³-hybridized carbons (Fsp3) is 0.176. The van der Waals surface area contributed by atoms with Crippen LogP contribution in [0.5, 0.6) is 17.2 Å². The summed E-state index contributed by atoms with van der Waals surface area (Å²) in [5.41, 5.74) is 0.956. The first kappa shape index (κ1) is 19.8. The lowest BCUT2D eigenvalue weighted by atomic mass is 10.3. The lowest BCUT2D eigenvalue weighted by molar-refractivity contribution is -0.274. The van der Waals surface area contributed by atoms with Crippen molar-refractivity contribution in [1.82, 2.24) is 20.2 Å². The number of hydrogen-bond donors (Lipinski definition) is 1. The monoisotopic (exact) mass is 439 g/mol. The molecule has 9 nitrogen and oxygen atoms in total. The highest BCUT2D eigenvalue weighted by Crippen LogP contribution is 2.34. The van der Waals surface area contributed by atoms with Crippen LogP contribution in [-0.4, -0.2) is 45.0 Å². The summed E-state index contributed by atoms with van der Waals surface area (Å²) in [6.07, 6.45) is -4.78. The summed E-state index contributed by atoms with van der Waals surface area (Å²) >= 11 is 1.06. The number of anilines is 1. The number of ether oxygens (including phenoxy) is 3. The van der Waals surface area contributed by atoms with E-state index in [9.17, 15) is 18.0 Å². The van der Waals surface area contributed by atoms with Crippen LogP contribution in [0.2, 0.25) is 0 Å². The molecule has 2 aromatic carbocycles. The first-order valence-electron chi connectivity index (χ1n) is 8.34. The van der Waals surface area contributed by atoms with Gasteiger partial charge in [-0.1, -0.05) is 11.8 Å². The summed E-state index contributed by atoms with van der Waals surface area (Å²) in [6, 6.07) is 10.1. The number of carbonyl (C=O) groups is 1. The Hall–Kier alpha value is -3.48. The highest BCUT2D eigenvalue weighted by molar-refractivity contribution is 7.99. The molecule has 0 unspecified atom stereocenters. The van der Waals surface area contributed by atoms with Gasteiger partial charge in [0.15, 0.2) is 11.5 Å². The Bertz CT molecular complexity index is 1060. The quantitative estimate of drug-likeness (QED) is 0.585. The van der Waals surface area contributed by atoms with Gasteiger partial charge in [-0.15, -0.1) is 18.3 Å². The van der Waals surface area contributed by atoms with Gasteiger partial charge < -0.3 is 19.5 Å². The normalized spacial score (nSPS) is 12.6. The Kier molecular flexibility index (Phi) is 5.35. The standard InChI is InChI=1S/C17H12F3N5O4S/c18-17(19,20)29-12-4-2-11(3-5-12)25-16(22-23-24-25)30-8-15(26)21-10-1-6-13-14(7-10)28-9-27-13/h1-7H,8-9H2,(H,21,26). The van der Waals surface area contributed by atoms with E-state index in [0.717, 1.165) is 23.9 Å². The predicted molar refractivity (Wildman–Crippen MR) is 97.8 cm³/mol. The van der Waals surface area contributed by atoms with Crippen molar-refractivity contribution in [1.29, 1.82) is 0 Å². The average Bonchev–Trinajstić information content (AvgIpc) is 3.34. The van der Waals surface area contributed by atoms with Crippen molar-refractivity contribution < 1.29 is 32.2 Å². The zero-order valence-electron chi connectivity index (χ0n) is 14.9. The third kappa shape index (κ3) is 4.74. The molecule has 156 valence electrons. The van der Waals surface area contributed by atoms with Crippen LogP contribution in [0.3, 0.4) is 0 Å². The van der Waals surface area contributed by atoms with Crippen LogP contribution >= 0.6 is 11.8 Å². The second-order valence-electron chi connectivity index (χ2n) is 5.82. The van der Waals surface area contributed by atoms with E-state index in [2.05, 4.69) is 25.6 Å². The van der Waals surface area contributed by atoms with Crippen LogP contribution in [0.25, 0.3) is 5.69 Å². The molecule has 2 heterocycles. The number of fused-ring (bicyclic) bond motifs is 1. The van der Waals surface area contributed by atoms with Gasteiger partial charge in [0.25, 0.3) is 0 Å². The number of carbonyl (C=O) groups excluding carboxylic acids is 1. The molecule has 0 saturated heterocycles. The van der Waals surface area contributed by atoms with Crippen LogP contribution in [0.15, 0.2) is 47.6 Å². The van der Waals surface area contributed by atoms with E-state index < -0.39 is 6.36 Å². The number of aromatic nitrogens is 4. The van der Waals surface area contributed by atoms with Crippen molar-refractivity contribution in [2.45, 2.75) is 11.5 Å². The van der Waals surface area contributed by atoms with Gasteiger partial charge in [0.05, 0.1) is 11.4 Å². The zero-order chi connectivity index (χ0) is 21.1. The minimum atomic E-state index is -4.78. The van der Waals surface area contributed by atoms with E-state index >= 15 is 0 Å². The maximum absolute atomic E-state index is 12.3. The molecule has 1 aliphatic heterocycles. The summed E-state index contributed by atoms with van der Waals surface area (Å²) in [4.78, 5) is 12.2. The molecule has 1 aromatic heterocycles. The number of halogens is 3. The molecule has 3 aromatic rings. The minimum Gasteiger partial charge on any atom is -0.454 e. The van der Waals surface area contributed by atoms with Crippen LogP contribution in [0.1, 0.15) is 0 Å². The smallest absolute Gasteiger partial charge is 0.454 e. The SMILES string of the molecule is O=C(CSc1nnnn1-c1ccc(OC(F)(F)F)cc1)Nc1ccc2c(c1)OCO2. The highest BCUT2D eigenvalue weighted by atomic mass is 32.2. The van der Waals surface area contributed by atoms with Gasteiger partial charge in [-0.3, -0.25) is 4.79 Å².